The van der Waals surface area contributed by atoms with Crippen molar-refractivity contribution in [3.8, 4) is 5.75 Å². The first-order valence-electron chi connectivity index (χ1n) is 5.18. The number of benzene rings is 1. The van der Waals surface area contributed by atoms with Crippen molar-refractivity contribution in [1.82, 2.24) is 0 Å². The lowest BCUT2D eigenvalue weighted by Crippen LogP contribution is -2.15. The zero-order valence-corrected chi connectivity index (χ0v) is 8.79. The first-order chi connectivity index (χ1) is 6.76. The molecule has 0 radical (unpaired) electrons. The average Bonchev–Trinajstić information content (AvgIpc) is 2.55. The zero-order valence-electron chi connectivity index (χ0n) is 8.79. The lowest BCUT2D eigenvalue weighted by Gasteiger charge is -2.13. The molecule has 0 spiro atoms. The highest BCUT2D eigenvalue weighted by Crippen LogP contribution is 2.37. The minimum absolute atomic E-state index is 0.199. The summed E-state index contributed by atoms with van der Waals surface area (Å²) in [5.41, 5.74) is 8.84. The summed E-state index contributed by atoms with van der Waals surface area (Å²) in [5.74, 6) is 1.52. The van der Waals surface area contributed by atoms with Crippen molar-refractivity contribution in [1.29, 1.82) is 0 Å². The lowest BCUT2D eigenvalue weighted by atomic mass is 9.99. The van der Waals surface area contributed by atoms with Gasteiger partial charge >= 0.3 is 0 Å². The van der Waals surface area contributed by atoms with Crippen LogP contribution < -0.4 is 10.5 Å². The predicted molar refractivity (Wildman–Crippen MR) is 57.4 cm³/mol. The van der Waals surface area contributed by atoms with Gasteiger partial charge in [-0.3, -0.25) is 0 Å². The molecule has 2 unspecified atom stereocenters. The molecule has 2 heteroatoms. The van der Waals surface area contributed by atoms with Crippen molar-refractivity contribution in [3.63, 3.8) is 0 Å². The highest BCUT2D eigenvalue weighted by atomic mass is 16.5. The van der Waals surface area contributed by atoms with Gasteiger partial charge in [0, 0.05) is 6.04 Å². The molecule has 0 fully saturated rings. The van der Waals surface area contributed by atoms with E-state index in [1.165, 1.54) is 11.1 Å². The molecule has 0 aromatic heterocycles. The molecule has 0 aliphatic heterocycles. The van der Waals surface area contributed by atoms with E-state index in [1.807, 2.05) is 6.07 Å². The number of methoxy groups -OCH3 is 1. The van der Waals surface area contributed by atoms with Crippen molar-refractivity contribution in [2.24, 2.45) is 11.7 Å². The summed E-state index contributed by atoms with van der Waals surface area (Å²) < 4.78 is 5.20. The Bertz CT molecular complexity index is 335. The first kappa shape index (κ1) is 9.53. The van der Waals surface area contributed by atoms with E-state index in [9.17, 15) is 0 Å². The molecule has 0 saturated carbocycles. The number of fused-ring (bicyclic) bond motifs is 1. The third kappa shape index (κ3) is 1.40. The number of hydrogen-bond donors (Lipinski definition) is 1. The van der Waals surface area contributed by atoms with Gasteiger partial charge in [-0.25, -0.2) is 0 Å². The van der Waals surface area contributed by atoms with Crippen LogP contribution in [0.4, 0.5) is 0 Å². The fourth-order valence-corrected chi connectivity index (χ4v) is 2.26. The molecule has 0 bridgehead atoms. The number of rotatable bonds is 2. The van der Waals surface area contributed by atoms with Crippen LogP contribution in [0.5, 0.6) is 5.75 Å². The summed E-state index contributed by atoms with van der Waals surface area (Å²) in [6.07, 6.45) is 2.27. The topological polar surface area (TPSA) is 35.2 Å². The summed E-state index contributed by atoms with van der Waals surface area (Å²) >= 11 is 0. The standard InChI is InChI=1S/C12H17NO/c1-3-8-6-9-4-5-10(14-2)7-11(9)12(8)13/h4-5,7-8,12H,3,6,13H2,1-2H3. The highest BCUT2D eigenvalue weighted by Gasteiger charge is 2.28. The molecule has 2 rings (SSSR count). The van der Waals surface area contributed by atoms with Gasteiger partial charge in [0.1, 0.15) is 5.75 Å². The van der Waals surface area contributed by atoms with Gasteiger partial charge in [0.05, 0.1) is 7.11 Å². The average molecular weight is 191 g/mol. The van der Waals surface area contributed by atoms with Crippen LogP contribution in [0.15, 0.2) is 18.2 Å². The van der Waals surface area contributed by atoms with Crippen LogP contribution in [0.25, 0.3) is 0 Å². The van der Waals surface area contributed by atoms with Crippen molar-refractivity contribution in [2.45, 2.75) is 25.8 Å². The Morgan fingerprint density at radius 3 is 2.93 bits per heavy atom. The van der Waals surface area contributed by atoms with E-state index in [4.69, 9.17) is 10.5 Å². The van der Waals surface area contributed by atoms with Gasteiger partial charge in [-0.15, -0.1) is 0 Å². The minimum atomic E-state index is 0.199. The molecular formula is C12H17NO. The molecule has 0 heterocycles. The van der Waals surface area contributed by atoms with Crippen LogP contribution in [0.2, 0.25) is 0 Å². The predicted octanol–water partition coefficient (Wildman–Crippen LogP) is 2.28. The van der Waals surface area contributed by atoms with E-state index in [-0.39, 0.29) is 6.04 Å². The van der Waals surface area contributed by atoms with Gasteiger partial charge in [0.15, 0.2) is 0 Å². The van der Waals surface area contributed by atoms with Gasteiger partial charge in [-0.2, -0.15) is 0 Å². The van der Waals surface area contributed by atoms with Crippen LogP contribution >= 0.6 is 0 Å². The molecule has 1 aromatic carbocycles. The second kappa shape index (κ2) is 3.62. The second-order valence-corrected chi connectivity index (χ2v) is 3.96. The molecule has 2 N–H and O–H groups in total. The molecule has 14 heavy (non-hydrogen) atoms. The smallest absolute Gasteiger partial charge is 0.119 e. The van der Waals surface area contributed by atoms with Crippen molar-refractivity contribution < 1.29 is 4.74 Å². The van der Waals surface area contributed by atoms with Crippen LogP contribution in [0.1, 0.15) is 30.5 Å². The molecule has 1 aliphatic rings. The minimum Gasteiger partial charge on any atom is -0.497 e. The van der Waals surface area contributed by atoms with E-state index in [2.05, 4.69) is 19.1 Å². The summed E-state index contributed by atoms with van der Waals surface area (Å²) in [6.45, 7) is 2.20. The van der Waals surface area contributed by atoms with Gasteiger partial charge < -0.3 is 10.5 Å². The van der Waals surface area contributed by atoms with Crippen molar-refractivity contribution in [3.05, 3.63) is 29.3 Å². The summed E-state index contributed by atoms with van der Waals surface area (Å²) in [6, 6.07) is 6.44. The number of nitrogens with two attached hydrogens (primary N) is 1. The molecule has 76 valence electrons. The Hall–Kier alpha value is -1.02. The normalized spacial score (nSPS) is 24.8. The number of ether oxygens (including phenoxy) is 1. The maximum Gasteiger partial charge on any atom is 0.119 e. The monoisotopic (exact) mass is 191 g/mol. The Labute approximate surface area is 85.1 Å². The van der Waals surface area contributed by atoms with Crippen LogP contribution in [0.3, 0.4) is 0 Å². The third-order valence-electron chi connectivity index (χ3n) is 3.23. The summed E-state index contributed by atoms with van der Waals surface area (Å²) in [7, 11) is 1.69. The SMILES string of the molecule is CCC1Cc2ccc(OC)cc2C1N. The first-order valence-corrected chi connectivity index (χ1v) is 5.18. The molecular weight excluding hydrogens is 174 g/mol. The van der Waals surface area contributed by atoms with Gasteiger partial charge in [-0.1, -0.05) is 19.4 Å². The van der Waals surface area contributed by atoms with Gasteiger partial charge in [-0.05, 0) is 35.6 Å². The van der Waals surface area contributed by atoms with Gasteiger partial charge in [0.25, 0.3) is 0 Å². The molecule has 0 saturated heterocycles. The van der Waals surface area contributed by atoms with Crippen LogP contribution in [0, 0.1) is 5.92 Å². The molecule has 1 aliphatic carbocycles. The fraction of sp³-hybridized carbons (Fsp3) is 0.500. The van der Waals surface area contributed by atoms with E-state index >= 15 is 0 Å². The van der Waals surface area contributed by atoms with Crippen molar-refractivity contribution >= 4 is 0 Å². The van der Waals surface area contributed by atoms with Crippen molar-refractivity contribution in [2.75, 3.05) is 7.11 Å². The highest BCUT2D eigenvalue weighted by molar-refractivity contribution is 5.41. The van der Waals surface area contributed by atoms with Crippen LogP contribution in [-0.2, 0) is 6.42 Å². The molecule has 2 atom stereocenters. The summed E-state index contributed by atoms with van der Waals surface area (Å²) in [4.78, 5) is 0. The quantitative estimate of drug-likeness (QED) is 0.778. The Balaban J connectivity index is 2.35. The third-order valence-corrected chi connectivity index (χ3v) is 3.23. The largest absolute Gasteiger partial charge is 0.497 e. The second-order valence-electron chi connectivity index (χ2n) is 3.96. The summed E-state index contributed by atoms with van der Waals surface area (Å²) in [5, 5.41) is 0. The Morgan fingerprint density at radius 1 is 1.50 bits per heavy atom. The van der Waals surface area contributed by atoms with E-state index < -0.39 is 0 Å². The molecule has 0 amide bonds. The molecule has 1 aromatic rings. The Morgan fingerprint density at radius 2 is 2.29 bits per heavy atom. The van der Waals surface area contributed by atoms with E-state index in [0.29, 0.717) is 5.92 Å². The lowest BCUT2D eigenvalue weighted by molar-refractivity contribution is 0.412. The van der Waals surface area contributed by atoms with Gasteiger partial charge in [0.2, 0.25) is 0 Å². The fourth-order valence-electron chi connectivity index (χ4n) is 2.26. The maximum atomic E-state index is 6.17. The maximum absolute atomic E-state index is 6.17. The number of hydrogen-bond acceptors (Lipinski definition) is 2. The zero-order chi connectivity index (χ0) is 10.1. The molecule has 2 nitrogen and oxygen atoms in total. The van der Waals surface area contributed by atoms with E-state index in [0.717, 1.165) is 18.6 Å². The Kier molecular flexibility index (Phi) is 2.46. The van der Waals surface area contributed by atoms with Crippen LogP contribution in [-0.4, -0.2) is 7.11 Å². The van der Waals surface area contributed by atoms with E-state index in [1.54, 1.807) is 7.11 Å².